The maximum absolute atomic E-state index is 10.6. The summed E-state index contributed by atoms with van der Waals surface area (Å²) >= 11 is 0. The van der Waals surface area contributed by atoms with E-state index in [0.717, 1.165) is 39.1 Å². The summed E-state index contributed by atoms with van der Waals surface area (Å²) in [5.74, 6) is -0.359. The molecular formula is C11H22N2O2. The van der Waals surface area contributed by atoms with Crippen molar-refractivity contribution in [3.05, 3.63) is 0 Å². The fraction of sp³-hybridized carbons (Fsp3) is 0.909. The zero-order chi connectivity index (χ0) is 11.3. The molecule has 0 aromatic heterocycles. The molecule has 1 aliphatic rings. The van der Waals surface area contributed by atoms with Crippen LogP contribution in [-0.4, -0.2) is 60.6 Å². The maximum atomic E-state index is 10.6. The Bertz CT molecular complexity index is 201. The Labute approximate surface area is 91.9 Å². The molecule has 0 saturated carbocycles. The molecule has 0 spiro atoms. The van der Waals surface area contributed by atoms with Gasteiger partial charge >= 0.3 is 5.97 Å². The van der Waals surface area contributed by atoms with Gasteiger partial charge in [-0.15, -0.1) is 0 Å². The monoisotopic (exact) mass is 214 g/mol. The molecule has 0 amide bonds. The predicted molar refractivity (Wildman–Crippen MR) is 60.0 cm³/mol. The lowest BCUT2D eigenvalue weighted by atomic mass is 10.0. The second-order valence-corrected chi connectivity index (χ2v) is 4.48. The third kappa shape index (κ3) is 4.62. The van der Waals surface area contributed by atoms with Gasteiger partial charge in [0.2, 0.25) is 0 Å². The van der Waals surface area contributed by atoms with Crippen molar-refractivity contribution in [1.82, 2.24) is 9.80 Å². The molecule has 4 nitrogen and oxygen atoms in total. The van der Waals surface area contributed by atoms with Gasteiger partial charge in [-0.05, 0) is 13.0 Å². The number of rotatable bonds is 5. The summed E-state index contributed by atoms with van der Waals surface area (Å²) < 4.78 is 0. The van der Waals surface area contributed by atoms with Gasteiger partial charge in [0.25, 0.3) is 0 Å². The summed E-state index contributed by atoms with van der Waals surface area (Å²) in [6, 6.07) is 0. The molecule has 1 rings (SSSR count). The van der Waals surface area contributed by atoms with Crippen molar-refractivity contribution in [2.24, 2.45) is 5.92 Å². The minimum Gasteiger partial charge on any atom is -0.481 e. The van der Waals surface area contributed by atoms with Crippen molar-refractivity contribution in [1.29, 1.82) is 0 Å². The van der Waals surface area contributed by atoms with Crippen LogP contribution in [0.1, 0.15) is 19.8 Å². The lowest BCUT2D eigenvalue weighted by Crippen LogP contribution is -2.46. The first-order valence-corrected chi connectivity index (χ1v) is 5.74. The molecule has 0 aliphatic carbocycles. The summed E-state index contributed by atoms with van der Waals surface area (Å²) in [5, 5.41) is 8.76. The van der Waals surface area contributed by atoms with Crippen molar-refractivity contribution in [3.63, 3.8) is 0 Å². The molecule has 1 heterocycles. The summed E-state index contributed by atoms with van der Waals surface area (Å²) in [5.41, 5.74) is 0. The van der Waals surface area contributed by atoms with Gasteiger partial charge in [0.15, 0.2) is 0 Å². The number of hydrogen-bond donors (Lipinski definition) is 1. The van der Waals surface area contributed by atoms with E-state index < -0.39 is 5.97 Å². The van der Waals surface area contributed by atoms with Gasteiger partial charge in [-0.25, -0.2) is 0 Å². The molecule has 0 aromatic rings. The average Bonchev–Trinajstić information content (AvgIpc) is 2.19. The minimum atomic E-state index is -0.670. The number of hydrogen-bond acceptors (Lipinski definition) is 3. The second-order valence-electron chi connectivity index (χ2n) is 4.48. The fourth-order valence-electron chi connectivity index (χ4n) is 1.98. The van der Waals surface area contributed by atoms with Gasteiger partial charge in [0.05, 0.1) is 0 Å². The fourth-order valence-corrected chi connectivity index (χ4v) is 1.98. The molecule has 0 radical (unpaired) electrons. The smallest absolute Gasteiger partial charge is 0.303 e. The molecule has 15 heavy (non-hydrogen) atoms. The molecule has 0 bridgehead atoms. The molecule has 88 valence electrons. The topological polar surface area (TPSA) is 43.8 Å². The zero-order valence-corrected chi connectivity index (χ0v) is 9.78. The Balaban J connectivity index is 2.28. The number of nitrogens with zero attached hydrogens (tertiary/aromatic N) is 2. The van der Waals surface area contributed by atoms with Crippen LogP contribution in [0.25, 0.3) is 0 Å². The number of carboxylic acid groups (broad SMARTS) is 1. The van der Waals surface area contributed by atoms with E-state index >= 15 is 0 Å². The molecule has 1 atom stereocenters. The molecule has 1 unspecified atom stereocenters. The van der Waals surface area contributed by atoms with Crippen LogP contribution in [0.15, 0.2) is 0 Å². The number of likely N-dealkylation sites (N-methyl/N-ethyl adjacent to an activating group) is 1. The third-order valence-corrected chi connectivity index (χ3v) is 3.15. The van der Waals surface area contributed by atoms with Crippen LogP contribution in [0.5, 0.6) is 0 Å². The number of carbonyl (C=O) groups is 1. The molecular weight excluding hydrogens is 192 g/mol. The number of piperazine rings is 1. The van der Waals surface area contributed by atoms with Crippen molar-refractivity contribution in [2.75, 3.05) is 39.8 Å². The Morgan fingerprint density at radius 2 is 1.93 bits per heavy atom. The largest absolute Gasteiger partial charge is 0.481 e. The highest BCUT2D eigenvalue weighted by atomic mass is 16.4. The Kier molecular flexibility index (Phi) is 5.05. The van der Waals surface area contributed by atoms with Gasteiger partial charge in [0, 0.05) is 39.1 Å². The van der Waals surface area contributed by atoms with Crippen LogP contribution in [-0.2, 0) is 4.79 Å². The third-order valence-electron chi connectivity index (χ3n) is 3.15. The first kappa shape index (κ1) is 12.5. The van der Waals surface area contributed by atoms with E-state index in [1.54, 1.807) is 0 Å². The zero-order valence-electron chi connectivity index (χ0n) is 9.78. The van der Waals surface area contributed by atoms with E-state index in [9.17, 15) is 4.79 Å². The van der Waals surface area contributed by atoms with Crippen molar-refractivity contribution < 1.29 is 9.90 Å². The highest BCUT2D eigenvalue weighted by molar-refractivity contribution is 5.67. The van der Waals surface area contributed by atoms with E-state index in [1.807, 2.05) is 0 Å². The normalized spacial score (nSPS) is 21.5. The van der Waals surface area contributed by atoms with Crippen molar-refractivity contribution in [3.8, 4) is 0 Å². The first-order chi connectivity index (χ1) is 7.11. The van der Waals surface area contributed by atoms with Crippen LogP contribution in [0, 0.1) is 5.92 Å². The van der Waals surface area contributed by atoms with E-state index in [0.29, 0.717) is 12.3 Å². The minimum absolute atomic E-state index is 0.308. The van der Waals surface area contributed by atoms with Crippen LogP contribution < -0.4 is 0 Å². The van der Waals surface area contributed by atoms with Crippen LogP contribution in [0.4, 0.5) is 0 Å². The van der Waals surface area contributed by atoms with Gasteiger partial charge < -0.3 is 14.9 Å². The highest BCUT2D eigenvalue weighted by Crippen LogP contribution is 2.12. The van der Waals surface area contributed by atoms with Gasteiger partial charge in [-0.1, -0.05) is 13.3 Å². The summed E-state index contributed by atoms with van der Waals surface area (Å²) in [7, 11) is 2.13. The molecule has 1 saturated heterocycles. The van der Waals surface area contributed by atoms with Gasteiger partial charge in [0.1, 0.15) is 0 Å². The van der Waals surface area contributed by atoms with E-state index in [2.05, 4.69) is 23.8 Å². The lowest BCUT2D eigenvalue weighted by Gasteiger charge is -2.34. The Morgan fingerprint density at radius 3 is 2.40 bits per heavy atom. The standard InChI is InChI=1S/C11H22N2O2/c1-3-10(8-11(14)15)9-13-6-4-12(2)5-7-13/h10H,3-9H2,1-2H3,(H,14,15). The Hall–Kier alpha value is -0.610. The summed E-state index contributed by atoms with van der Waals surface area (Å²) in [6.45, 7) is 7.37. The predicted octanol–water partition coefficient (Wildman–Crippen LogP) is 0.735. The molecule has 1 aliphatic heterocycles. The van der Waals surface area contributed by atoms with Gasteiger partial charge in [-0.3, -0.25) is 4.79 Å². The van der Waals surface area contributed by atoms with E-state index in [1.165, 1.54) is 0 Å². The first-order valence-electron chi connectivity index (χ1n) is 5.74. The van der Waals surface area contributed by atoms with E-state index in [-0.39, 0.29) is 0 Å². The van der Waals surface area contributed by atoms with Crippen molar-refractivity contribution >= 4 is 5.97 Å². The highest BCUT2D eigenvalue weighted by Gasteiger charge is 2.18. The van der Waals surface area contributed by atoms with Crippen LogP contribution >= 0.6 is 0 Å². The van der Waals surface area contributed by atoms with Crippen molar-refractivity contribution in [2.45, 2.75) is 19.8 Å². The van der Waals surface area contributed by atoms with Gasteiger partial charge in [-0.2, -0.15) is 0 Å². The molecule has 4 heteroatoms. The maximum Gasteiger partial charge on any atom is 0.303 e. The second kappa shape index (κ2) is 6.08. The SMILES string of the molecule is CCC(CC(=O)O)CN1CCN(C)CC1. The van der Waals surface area contributed by atoms with E-state index in [4.69, 9.17) is 5.11 Å². The number of aliphatic carboxylic acids is 1. The quantitative estimate of drug-likeness (QED) is 0.733. The van der Waals surface area contributed by atoms with Crippen LogP contribution in [0.3, 0.4) is 0 Å². The van der Waals surface area contributed by atoms with Crippen LogP contribution in [0.2, 0.25) is 0 Å². The number of carboxylic acids is 1. The summed E-state index contributed by atoms with van der Waals surface area (Å²) in [4.78, 5) is 15.3. The molecule has 1 fully saturated rings. The average molecular weight is 214 g/mol. The Morgan fingerprint density at radius 1 is 1.33 bits per heavy atom. The lowest BCUT2D eigenvalue weighted by molar-refractivity contribution is -0.138. The molecule has 1 N–H and O–H groups in total. The summed E-state index contributed by atoms with van der Waals surface area (Å²) in [6.07, 6.45) is 1.27. The molecule has 0 aromatic carbocycles.